The molecule has 2 heterocycles. The zero-order valence-corrected chi connectivity index (χ0v) is 13.9. The first-order valence-corrected chi connectivity index (χ1v) is 9.35. The van der Waals surface area contributed by atoms with Crippen LogP contribution in [0.2, 0.25) is 0 Å². The van der Waals surface area contributed by atoms with Gasteiger partial charge in [-0.25, -0.2) is 0 Å². The van der Waals surface area contributed by atoms with E-state index in [1.807, 2.05) is 11.3 Å². The Kier molecular flexibility index (Phi) is 3.64. The largest absolute Gasteiger partial charge is 0.367 e. The third-order valence-corrected chi connectivity index (χ3v) is 5.78. The molecule has 0 fully saturated rings. The average molecular weight is 324 g/mol. The van der Waals surface area contributed by atoms with Crippen LogP contribution in [0.1, 0.15) is 4.88 Å². The van der Waals surface area contributed by atoms with Crippen LogP contribution in [-0.4, -0.2) is 25.2 Å². The lowest BCUT2D eigenvalue weighted by Gasteiger charge is -2.07. The second-order valence-corrected chi connectivity index (χ2v) is 7.12. The molecule has 1 aliphatic rings. The summed E-state index contributed by atoms with van der Waals surface area (Å²) < 4.78 is 1.32. The number of nitrogens with zero attached hydrogens (tertiary/aromatic N) is 1. The van der Waals surface area contributed by atoms with Gasteiger partial charge in [-0.2, -0.15) is 0 Å². The van der Waals surface area contributed by atoms with Crippen molar-refractivity contribution in [2.75, 3.05) is 19.3 Å². The van der Waals surface area contributed by atoms with Gasteiger partial charge in [-0.05, 0) is 30.0 Å². The van der Waals surface area contributed by atoms with Crippen molar-refractivity contribution in [2.24, 2.45) is 4.99 Å². The fraction of sp³-hybridized carbons (Fsp3) is 0.167. The van der Waals surface area contributed by atoms with Crippen molar-refractivity contribution in [1.29, 1.82) is 0 Å². The highest BCUT2D eigenvalue weighted by Gasteiger charge is 2.19. The highest BCUT2D eigenvalue weighted by atomic mass is 32.2. The topological polar surface area (TPSA) is 24.4 Å². The van der Waals surface area contributed by atoms with E-state index in [0.717, 1.165) is 18.9 Å². The Morgan fingerprint density at radius 3 is 2.64 bits per heavy atom. The van der Waals surface area contributed by atoms with Crippen molar-refractivity contribution in [3.63, 3.8) is 0 Å². The number of benzene rings is 2. The minimum absolute atomic E-state index is 0.869. The van der Waals surface area contributed by atoms with Gasteiger partial charge in [-0.1, -0.05) is 30.3 Å². The summed E-state index contributed by atoms with van der Waals surface area (Å²) >= 11 is 3.60. The average Bonchev–Trinajstić information content (AvgIpc) is 3.22. The predicted octanol–water partition coefficient (Wildman–Crippen LogP) is 4.64. The number of nitrogens with one attached hydrogen (secondary N) is 1. The lowest BCUT2D eigenvalue weighted by molar-refractivity contribution is 0.961. The van der Waals surface area contributed by atoms with Crippen molar-refractivity contribution in [2.45, 2.75) is 4.90 Å². The summed E-state index contributed by atoms with van der Waals surface area (Å²) in [5.74, 6) is 1.05. The molecule has 22 heavy (non-hydrogen) atoms. The van der Waals surface area contributed by atoms with Crippen LogP contribution >= 0.6 is 23.1 Å². The summed E-state index contributed by atoms with van der Waals surface area (Å²) in [6.45, 7) is 1.81. The maximum absolute atomic E-state index is 4.63. The van der Waals surface area contributed by atoms with E-state index in [-0.39, 0.29) is 0 Å². The van der Waals surface area contributed by atoms with Gasteiger partial charge in [0.05, 0.1) is 11.4 Å². The van der Waals surface area contributed by atoms with Crippen LogP contribution < -0.4 is 5.32 Å². The highest BCUT2D eigenvalue weighted by Crippen LogP contribution is 2.39. The molecular weight excluding hydrogens is 308 g/mol. The van der Waals surface area contributed by atoms with Crippen molar-refractivity contribution in [3.8, 4) is 11.1 Å². The van der Waals surface area contributed by atoms with E-state index in [2.05, 4.69) is 65.1 Å². The number of hydrogen-bond donors (Lipinski definition) is 1. The van der Waals surface area contributed by atoms with Crippen molar-refractivity contribution < 1.29 is 0 Å². The zero-order valence-electron chi connectivity index (χ0n) is 12.3. The molecule has 1 N–H and O–H groups in total. The van der Waals surface area contributed by atoms with E-state index in [9.17, 15) is 0 Å². The van der Waals surface area contributed by atoms with Crippen LogP contribution in [0, 0.1) is 0 Å². The molecule has 110 valence electrons. The van der Waals surface area contributed by atoms with Gasteiger partial charge < -0.3 is 5.32 Å². The lowest BCUT2D eigenvalue weighted by Crippen LogP contribution is -2.18. The molecule has 4 rings (SSSR count). The summed E-state index contributed by atoms with van der Waals surface area (Å²) in [7, 11) is 0. The molecule has 1 aromatic heterocycles. The molecule has 0 bridgehead atoms. The first kappa shape index (κ1) is 13.9. The Hall–Kier alpha value is -1.78. The van der Waals surface area contributed by atoms with Gasteiger partial charge in [0.1, 0.15) is 5.84 Å². The summed E-state index contributed by atoms with van der Waals surface area (Å²) in [6.07, 6.45) is 2.11. The maximum atomic E-state index is 4.63. The van der Waals surface area contributed by atoms with E-state index in [4.69, 9.17) is 0 Å². The number of thioether (sulfide) groups is 1. The van der Waals surface area contributed by atoms with E-state index >= 15 is 0 Å². The third-order valence-electron chi connectivity index (χ3n) is 3.86. The SMILES string of the molecule is CSc1ccc(-c2c(C3=NCCN3)sc3ccccc23)cc1. The van der Waals surface area contributed by atoms with Gasteiger partial charge >= 0.3 is 0 Å². The predicted molar refractivity (Wildman–Crippen MR) is 98.4 cm³/mol. The van der Waals surface area contributed by atoms with Gasteiger partial charge in [-0.15, -0.1) is 23.1 Å². The molecule has 0 unspecified atom stereocenters. The molecule has 0 saturated heterocycles. The minimum Gasteiger partial charge on any atom is -0.367 e. The number of rotatable bonds is 3. The van der Waals surface area contributed by atoms with Crippen LogP contribution in [0.4, 0.5) is 0 Å². The van der Waals surface area contributed by atoms with Crippen LogP contribution in [0.15, 0.2) is 58.4 Å². The Bertz CT molecular complexity index is 847. The van der Waals surface area contributed by atoms with Gasteiger partial charge in [0.25, 0.3) is 0 Å². The summed E-state index contributed by atoms with van der Waals surface area (Å²) in [5, 5.41) is 4.74. The molecule has 0 spiro atoms. The molecule has 2 nitrogen and oxygen atoms in total. The Morgan fingerprint density at radius 2 is 1.91 bits per heavy atom. The van der Waals surface area contributed by atoms with Gasteiger partial charge in [0, 0.05) is 27.1 Å². The summed E-state index contributed by atoms with van der Waals surface area (Å²) in [6, 6.07) is 17.5. The molecule has 4 heteroatoms. The monoisotopic (exact) mass is 324 g/mol. The number of fused-ring (bicyclic) bond motifs is 1. The van der Waals surface area contributed by atoms with E-state index in [1.165, 1.54) is 31.0 Å². The van der Waals surface area contributed by atoms with Crippen molar-refractivity contribution in [1.82, 2.24) is 5.32 Å². The Morgan fingerprint density at radius 1 is 1.09 bits per heavy atom. The summed E-state index contributed by atoms with van der Waals surface area (Å²) in [4.78, 5) is 7.19. The van der Waals surface area contributed by atoms with Gasteiger partial charge in [-0.3, -0.25) is 4.99 Å². The van der Waals surface area contributed by atoms with Crippen LogP contribution in [0.25, 0.3) is 21.2 Å². The molecule has 0 atom stereocenters. The van der Waals surface area contributed by atoms with Gasteiger partial charge in [0.15, 0.2) is 0 Å². The number of amidine groups is 1. The molecule has 3 aromatic rings. The molecule has 0 aliphatic carbocycles. The van der Waals surface area contributed by atoms with Crippen LogP contribution in [0.5, 0.6) is 0 Å². The lowest BCUT2D eigenvalue weighted by atomic mass is 10.0. The second kappa shape index (κ2) is 5.78. The fourth-order valence-corrected chi connectivity index (χ4v) is 4.42. The standard InChI is InChI=1S/C18H16N2S2/c1-21-13-8-6-12(7-9-13)16-14-4-2-3-5-15(14)22-17(16)18-19-10-11-20-18/h2-9H,10-11H2,1H3,(H,19,20). The normalized spacial score (nSPS) is 14.1. The molecule has 1 aliphatic heterocycles. The smallest absolute Gasteiger partial charge is 0.139 e. The third kappa shape index (κ3) is 2.32. The van der Waals surface area contributed by atoms with E-state index in [1.54, 1.807) is 11.8 Å². The first-order valence-electron chi connectivity index (χ1n) is 7.31. The molecule has 0 saturated carbocycles. The van der Waals surface area contributed by atoms with Gasteiger partial charge in [0.2, 0.25) is 0 Å². The van der Waals surface area contributed by atoms with Crippen LogP contribution in [-0.2, 0) is 0 Å². The molecule has 2 aromatic carbocycles. The second-order valence-electron chi connectivity index (χ2n) is 5.19. The van der Waals surface area contributed by atoms with E-state index in [0.29, 0.717) is 0 Å². The first-order chi connectivity index (χ1) is 10.9. The fourth-order valence-electron chi connectivity index (χ4n) is 2.81. The number of aliphatic imine (C=N–C) groups is 1. The Labute approximate surface area is 138 Å². The van der Waals surface area contributed by atoms with Crippen molar-refractivity contribution in [3.05, 3.63) is 53.4 Å². The quantitative estimate of drug-likeness (QED) is 0.710. The molecule has 0 radical (unpaired) electrons. The number of thiophene rings is 1. The zero-order chi connectivity index (χ0) is 14.9. The number of hydrogen-bond acceptors (Lipinski definition) is 4. The van der Waals surface area contributed by atoms with E-state index < -0.39 is 0 Å². The summed E-state index contributed by atoms with van der Waals surface area (Å²) in [5.41, 5.74) is 2.57. The van der Waals surface area contributed by atoms with Crippen LogP contribution in [0.3, 0.4) is 0 Å². The maximum Gasteiger partial charge on any atom is 0.139 e. The molecular formula is C18H16N2S2. The molecule has 0 amide bonds. The highest BCUT2D eigenvalue weighted by molar-refractivity contribution is 7.98. The Balaban J connectivity index is 1.95. The van der Waals surface area contributed by atoms with Crippen molar-refractivity contribution >= 4 is 39.0 Å². The minimum atomic E-state index is 0.869.